The highest BCUT2D eigenvalue weighted by Crippen LogP contribution is 2.31. The van der Waals surface area contributed by atoms with Crippen molar-refractivity contribution in [3.63, 3.8) is 0 Å². The van der Waals surface area contributed by atoms with E-state index in [9.17, 15) is 19.1 Å². The molecule has 0 radical (unpaired) electrons. The van der Waals surface area contributed by atoms with E-state index in [1.54, 1.807) is 30.3 Å². The smallest absolute Gasteiger partial charge is 0.329 e. The van der Waals surface area contributed by atoms with Gasteiger partial charge in [0.2, 0.25) is 11.8 Å². The summed E-state index contributed by atoms with van der Waals surface area (Å²) >= 11 is 1.98. The minimum atomic E-state index is -1.15. The highest BCUT2D eigenvalue weighted by molar-refractivity contribution is 14.1. The molecule has 0 aliphatic heterocycles. The standard InChI is InChI=1S/C26H23FIN3O4/c1-15-5-3-4-6-17(15)13-22(24(32)29-21-12-9-18(28)14-20(21)27)31-25(33)23(30-26(31)34)16-7-10-19(35-2)11-8-16/h3-12,14,22,33H,13H2,1-2H3,(H,29,32)(H,30,34)/t22-/m0/s1. The number of carbonyl (C=O) groups excluding carboxylic acids is 1. The second-order valence-electron chi connectivity index (χ2n) is 7.99. The summed E-state index contributed by atoms with van der Waals surface area (Å²) in [5.41, 5.74) is 1.77. The predicted octanol–water partition coefficient (Wildman–Crippen LogP) is 5.03. The van der Waals surface area contributed by atoms with Crippen molar-refractivity contribution in [1.29, 1.82) is 0 Å². The third-order valence-electron chi connectivity index (χ3n) is 5.76. The molecule has 1 heterocycles. The van der Waals surface area contributed by atoms with E-state index in [0.717, 1.165) is 15.7 Å². The summed E-state index contributed by atoms with van der Waals surface area (Å²) in [6.45, 7) is 1.89. The molecule has 9 heteroatoms. The Kier molecular flexibility index (Phi) is 7.25. The molecule has 3 aromatic carbocycles. The average Bonchev–Trinajstić information content (AvgIpc) is 3.14. The van der Waals surface area contributed by atoms with Crippen LogP contribution in [0.4, 0.5) is 10.1 Å². The number of hydrogen-bond donors (Lipinski definition) is 3. The average molecular weight is 587 g/mol. The van der Waals surface area contributed by atoms with Crippen molar-refractivity contribution in [2.45, 2.75) is 19.4 Å². The van der Waals surface area contributed by atoms with Gasteiger partial charge in [-0.1, -0.05) is 24.3 Å². The molecule has 0 spiro atoms. The van der Waals surface area contributed by atoms with Crippen LogP contribution in [0, 0.1) is 16.3 Å². The van der Waals surface area contributed by atoms with Crippen molar-refractivity contribution < 1.29 is 19.0 Å². The number of benzene rings is 3. The van der Waals surface area contributed by atoms with Crippen molar-refractivity contribution in [1.82, 2.24) is 9.55 Å². The van der Waals surface area contributed by atoms with Gasteiger partial charge in [0.05, 0.1) is 12.8 Å². The zero-order chi connectivity index (χ0) is 25.1. The number of ether oxygens (including phenoxy) is 1. The first-order chi connectivity index (χ1) is 16.8. The maximum Gasteiger partial charge on any atom is 0.329 e. The zero-order valence-corrected chi connectivity index (χ0v) is 21.2. The lowest BCUT2D eigenvalue weighted by Gasteiger charge is -2.20. The lowest BCUT2D eigenvalue weighted by atomic mass is 10.00. The predicted molar refractivity (Wildman–Crippen MR) is 140 cm³/mol. The third-order valence-corrected chi connectivity index (χ3v) is 6.43. The van der Waals surface area contributed by atoms with Crippen molar-refractivity contribution in [2.24, 2.45) is 0 Å². The second-order valence-corrected chi connectivity index (χ2v) is 9.23. The first-order valence-corrected chi connectivity index (χ1v) is 11.8. The van der Waals surface area contributed by atoms with Crippen LogP contribution in [-0.4, -0.2) is 27.7 Å². The number of aromatic hydroxyl groups is 1. The van der Waals surface area contributed by atoms with Crippen LogP contribution in [0.1, 0.15) is 17.2 Å². The summed E-state index contributed by atoms with van der Waals surface area (Å²) in [4.78, 5) is 29.1. The van der Waals surface area contributed by atoms with E-state index in [-0.39, 0.29) is 17.8 Å². The topological polar surface area (TPSA) is 96.4 Å². The summed E-state index contributed by atoms with van der Waals surface area (Å²) in [5, 5.41) is 13.6. The van der Waals surface area contributed by atoms with E-state index in [1.807, 2.05) is 53.8 Å². The minimum absolute atomic E-state index is 0.0105. The fourth-order valence-electron chi connectivity index (χ4n) is 3.84. The molecule has 0 aliphatic rings. The maximum atomic E-state index is 14.5. The van der Waals surface area contributed by atoms with Gasteiger partial charge in [0.25, 0.3) is 0 Å². The van der Waals surface area contributed by atoms with Crippen LogP contribution < -0.4 is 15.7 Å². The number of anilines is 1. The molecule has 0 saturated carbocycles. The molecule has 4 rings (SSSR count). The molecule has 1 aromatic heterocycles. The largest absolute Gasteiger partial charge is 0.497 e. The molecule has 0 unspecified atom stereocenters. The molecule has 0 fully saturated rings. The number of methoxy groups -OCH3 is 1. The van der Waals surface area contributed by atoms with Gasteiger partial charge in [0.1, 0.15) is 23.3 Å². The SMILES string of the molecule is COc1ccc(-c2[nH]c(=O)n([C@@H](Cc3ccccc3C)C(=O)Nc3ccc(I)cc3F)c2O)cc1. The Morgan fingerprint density at radius 2 is 1.89 bits per heavy atom. The van der Waals surface area contributed by atoms with Crippen molar-refractivity contribution >= 4 is 34.2 Å². The Morgan fingerprint density at radius 3 is 2.54 bits per heavy atom. The first-order valence-electron chi connectivity index (χ1n) is 10.8. The number of nitrogens with one attached hydrogen (secondary N) is 2. The molecular weight excluding hydrogens is 564 g/mol. The van der Waals surface area contributed by atoms with E-state index in [1.165, 1.54) is 19.2 Å². The molecular formula is C26H23FIN3O4. The number of aryl methyl sites for hydroxylation is 1. The molecule has 7 nitrogen and oxygen atoms in total. The fourth-order valence-corrected chi connectivity index (χ4v) is 4.30. The van der Waals surface area contributed by atoms with Gasteiger partial charge in [-0.25, -0.2) is 13.8 Å². The minimum Gasteiger partial charge on any atom is -0.497 e. The Hall–Kier alpha value is -3.60. The van der Waals surface area contributed by atoms with E-state index in [2.05, 4.69) is 10.3 Å². The Labute approximate surface area is 214 Å². The van der Waals surface area contributed by atoms with Gasteiger partial charge in [0.15, 0.2) is 0 Å². The number of halogens is 2. The Balaban J connectivity index is 1.77. The van der Waals surface area contributed by atoms with Gasteiger partial charge in [-0.15, -0.1) is 0 Å². The molecule has 1 amide bonds. The number of hydrogen-bond acceptors (Lipinski definition) is 4. The summed E-state index contributed by atoms with van der Waals surface area (Å²) in [5.74, 6) is -1.00. The molecule has 4 aromatic rings. The van der Waals surface area contributed by atoms with Gasteiger partial charge in [-0.3, -0.25) is 4.79 Å². The van der Waals surface area contributed by atoms with Crippen molar-refractivity contribution in [3.05, 3.63) is 97.7 Å². The molecule has 0 saturated heterocycles. The Bertz CT molecular complexity index is 1430. The van der Waals surface area contributed by atoms with Crippen LogP contribution in [0.5, 0.6) is 11.6 Å². The summed E-state index contributed by atoms with van der Waals surface area (Å²) in [6, 6.07) is 17.5. The van der Waals surface area contributed by atoms with Gasteiger partial charge in [-0.2, -0.15) is 0 Å². The lowest BCUT2D eigenvalue weighted by molar-refractivity contribution is -0.119. The van der Waals surface area contributed by atoms with E-state index >= 15 is 0 Å². The first kappa shape index (κ1) is 24.5. The number of carbonyl (C=O) groups is 1. The summed E-state index contributed by atoms with van der Waals surface area (Å²) < 4.78 is 21.3. The number of amides is 1. The Morgan fingerprint density at radius 1 is 1.17 bits per heavy atom. The lowest BCUT2D eigenvalue weighted by Crippen LogP contribution is -2.33. The molecule has 35 heavy (non-hydrogen) atoms. The zero-order valence-electron chi connectivity index (χ0n) is 19.0. The van der Waals surface area contributed by atoms with Gasteiger partial charge in [-0.05, 0) is 83.1 Å². The molecule has 0 aliphatic carbocycles. The number of rotatable bonds is 7. The maximum absolute atomic E-state index is 14.5. The molecule has 0 bridgehead atoms. The molecule has 180 valence electrons. The van der Waals surface area contributed by atoms with Crippen molar-refractivity contribution in [2.75, 3.05) is 12.4 Å². The van der Waals surface area contributed by atoms with Gasteiger partial charge in [0, 0.05) is 15.6 Å². The monoisotopic (exact) mass is 587 g/mol. The highest BCUT2D eigenvalue weighted by atomic mass is 127. The van der Waals surface area contributed by atoms with Crippen molar-refractivity contribution in [3.8, 4) is 22.9 Å². The summed E-state index contributed by atoms with van der Waals surface area (Å²) in [6.07, 6.45) is 0.109. The third kappa shape index (κ3) is 5.24. The highest BCUT2D eigenvalue weighted by Gasteiger charge is 2.29. The van der Waals surface area contributed by atoms with E-state index in [0.29, 0.717) is 14.9 Å². The molecule has 3 N–H and O–H groups in total. The number of imidazole rings is 1. The molecule has 1 atom stereocenters. The number of nitrogens with zero attached hydrogens (tertiary/aromatic N) is 1. The normalized spacial score (nSPS) is 11.8. The second kappa shape index (κ2) is 10.3. The summed E-state index contributed by atoms with van der Waals surface area (Å²) in [7, 11) is 1.54. The quantitative estimate of drug-likeness (QED) is 0.265. The van der Waals surface area contributed by atoms with Crippen LogP contribution >= 0.6 is 22.6 Å². The number of H-pyrrole nitrogens is 1. The van der Waals surface area contributed by atoms with Crippen LogP contribution in [0.3, 0.4) is 0 Å². The van der Waals surface area contributed by atoms with E-state index in [4.69, 9.17) is 4.74 Å². The van der Waals surface area contributed by atoms with Crippen LogP contribution in [-0.2, 0) is 11.2 Å². The van der Waals surface area contributed by atoms with Gasteiger partial charge >= 0.3 is 5.69 Å². The van der Waals surface area contributed by atoms with Crippen LogP contribution in [0.2, 0.25) is 0 Å². The van der Waals surface area contributed by atoms with Crippen LogP contribution in [0.15, 0.2) is 71.5 Å². The van der Waals surface area contributed by atoms with Crippen LogP contribution in [0.25, 0.3) is 11.3 Å². The van der Waals surface area contributed by atoms with Gasteiger partial charge < -0.3 is 20.1 Å². The fraction of sp³-hybridized carbons (Fsp3) is 0.154. The number of aromatic amines is 1. The van der Waals surface area contributed by atoms with E-state index < -0.39 is 29.3 Å². The number of aromatic nitrogens is 2.